The largest absolute Gasteiger partial charge is 0.483 e. The third kappa shape index (κ3) is 6.54. The predicted molar refractivity (Wildman–Crippen MR) is 162 cm³/mol. The van der Waals surface area contributed by atoms with Crippen molar-refractivity contribution >= 4 is 17.7 Å². The highest BCUT2D eigenvalue weighted by atomic mass is 32.2. The minimum Gasteiger partial charge on any atom is -0.483 e. The molecule has 2 aliphatic rings. The first-order valence-electron chi connectivity index (χ1n) is 14.8. The average Bonchev–Trinajstić information content (AvgIpc) is 3.76. The zero-order valence-corrected chi connectivity index (χ0v) is 24.8. The van der Waals surface area contributed by atoms with Gasteiger partial charge in [-0.3, -0.25) is 9.36 Å². The van der Waals surface area contributed by atoms with Crippen molar-refractivity contribution in [2.75, 3.05) is 5.75 Å². The number of amides is 1. The van der Waals surface area contributed by atoms with Gasteiger partial charge in [-0.2, -0.15) is 0 Å². The van der Waals surface area contributed by atoms with Crippen LogP contribution < -0.4 is 4.74 Å². The molecule has 0 N–H and O–H groups in total. The molecule has 1 heterocycles. The number of fused-ring (bicyclic) bond motifs is 2. The lowest BCUT2D eigenvalue weighted by Crippen LogP contribution is -2.31. The summed E-state index contributed by atoms with van der Waals surface area (Å²) in [5, 5.41) is 9.74. The minimum absolute atomic E-state index is 0.0407. The number of rotatable bonds is 12. The van der Waals surface area contributed by atoms with Crippen molar-refractivity contribution < 1.29 is 13.9 Å². The van der Waals surface area contributed by atoms with Gasteiger partial charge in [0.2, 0.25) is 5.91 Å². The monoisotopic (exact) mass is 584 g/mol. The summed E-state index contributed by atoms with van der Waals surface area (Å²) in [5.41, 5.74) is 2.18. The van der Waals surface area contributed by atoms with Crippen LogP contribution in [0.4, 0.5) is 4.39 Å². The van der Waals surface area contributed by atoms with Crippen LogP contribution in [0, 0.1) is 23.6 Å². The van der Waals surface area contributed by atoms with E-state index < -0.39 is 5.82 Å². The van der Waals surface area contributed by atoms with E-state index in [-0.39, 0.29) is 30.1 Å². The van der Waals surface area contributed by atoms with E-state index in [2.05, 4.69) is 21.7 Å². The average molecular weight is 585 g/mol. The van der Waals surface area contributed by atoms with Crippen molar-refractivity contribution in [3.63, 3.8) is 0 Å². The number of para-hydroxylation sites is 1. The Morgan fingerprint density at radius 3 is 2.24 bits per heavy atom. The quantitative estimate of drug-likeness (QED) is 0.163. The predicted octanol–water partition coefficient (Wildman–Crippen LogP) is 7.31. The first-order chi connectivity index (χ1) is 20.5. The highest BCUT2D eigenvalue weighted by Gasteiger charge is 2.43. The normalized spacial score (nSPS) is 20.0. The number of aromatic nitrogens is 3. The number of carbonyl (C=O) groups excluding carboxylic acids is 1. The van der Waals surface area contributed by atoms with E-state index in [4.69, 9.17) is 4.74 Å². The molecule has 6 rings (SSSR count). The number of hydrogen-bond donors (Lipinski definition) is 0. The van der Waals surface area contributed by atoms with Gasteiger partial charge in [-0.1, -0.05) is 91.0 Å². The van der Waals surface area contributed by atoms with E-state index in [1.807, 2.05) is 65.6 Å². The second-order valence-corrected chi connectivity index (χ2v) is 12.5. The fourth-order valence-corrected chi connectivity index (χ4v) is 7.70. The summed E-state index contributed by atoms with van der Waals surface area (Å²) in [7, 11) is 0. The zero-order chi connectivity index (χ0) is 28.9. The molecular formula is C34H37FN4O2S. The lowest BCUT2D eigenvalue weighted by atomic mass is 9.84. The summed E-state index contributed by atoms with van der Waals surface area (Å²) in [6.07, 6.45) is 5.11. The Morgan fingerprint density at radius 2 is 1.62 bits per heavy atom. The molecule has 8 heteroatoms. The molecule has 0 spiro atoms. The van der Waals surface area contributed by atoms with Crippen LogP contribution in [0.2, 0.25) is 0 Å². The maximum atomic E-state index is 14.3. The van der Waals surface area contributed by atoms with Gasteiger partial charge in [-0.15, -0.1) is 10.2 Å². The molecule has 0 unspecified atom stereocenters. The van der Waals surface area contributed by atoms with Crippen LogP contribution in [0.25, 0.3) is 0 Å². The molecule has 42 heavy (non-hydrogen) atoms. The number of carbonyl (C=O) groups is 1. The summed E-state index contributed by atoms with van der Waals surface area (Å²) in [4.78, 5) is 15.6. The van der Waals surface area contributed by atoms with Gasteiger partial charge in [0.15, 0.2) is 22.5 Å². The standard InChI is InChI=1S/C34H37FN4O2S/c1-24(29-19-27-16-17-28(29)18-27)39-32(22-41-31-15-9-8-14-30(31)35)36-37-34(39)42-23-33(40)38(20-25-10-4-2-5-11-25)21-26-12-6-3-7-13-26/h2-15,24,27-29H,16-23H2,1H3/t24-,27+,28+,29-/m1/s1. The van der Waals surface area contributed by atoms with Gasteiger partial charge < -0.3 is 9.64 Å². The SMILES string of the molecule is C[C@H]([C@H]1C[C@H]2CC[C@H]1C2)n1c(COc2ccccc2F)nnc1SCC(=O)N(Cc1ccccc1)Cc1ccccc1. The first-order valence-corrected chi connectivity index (χ1v) is 15.8. The number of benzene rings is 3. The van der Waals surface area contributed by atoms with E-state index in [1.165, 1.54) is 43.5 Å². The number of ether oxygens (including phenoxy) is 1. The van der Waals surface area contributed by atoms with Crippen LogP contribution in [0.5, 0.6) is 5.75 Å². The molecule has 0 radical (unpaired) electrons. The van der Waals surface area contributed by atoms with Crippen molar-refractivity contribution in [2.45, 2.75) is 63.5 Å². The molecule has 4 atom stereocenters. The zero-order valence-electron chi connectivity index (χ0n) is 23.9. The Bertz CT molecular complexity index is 1440. The van der Waals surface area contributed by atoms with Crippen molar-refractivity contribution in [1.29, 1.82) is 0 Å². The maximum Gasteiger partial charge on any atom is 0.233 e. The number of thioether (sulfide) groups is 1. The Kier molecular flexibility index (Phi) is 8.89. The molecule has 2 saturated carbocycles. The third-order valence-electron chi connectivity index (χ3n) is 8.86. The van der Waals surface area contributed by atoms with Crippen molar-refractivity contribution in [3.8, 4) is 5.75 Å². The molecule has 0 aliphatic heterocycles. The molecule has 6 nitrogen and oxygen atoms in total. The topological polar surface area (TPSA) is 60.2 Å². The van der Waals surface area contributed by atoms with Gasteiger partial charge in [-0.25, -0.2) is 4.39 Å². The van der Waals surface area contributed by atoms with E-state index in [9.17, 15) is 9.18 Å². The molecular weight excluding hydrogens is 547 g/mol. The maximum absolute atomic E-state index is 14.3. The Hall–Kier alpha value is -3.65. The summed E-state index contributed by atoms with van der Waals surface area (Å²) in [6.45, 7) is 3.42. The summed E-state index contributed by atoms with van der Waals surface area (Å²) >= 11 is 1.43. The van der Waals surface area contributed by atoms with Crippen LogP contribution >= 0.6 is 11.8 Å². The van der Waals surface area contributed by atoms with Gasteiger partial charge in [0.25, 0.3) is 0 Å². The minimum atomic E-state index is -0.401. The molecule has 3 aromatic carbocycles. The summed E-state index contributed by atoms with van der Waals surface area (Å²) in [6, 6.07) is 26.7. The molecule has 2 aliphatic carbocycles. The number of halogens is 1. The van der Waals surface area contributed by atoms with Gasteiger partial charge >= 0.3 is 0 Å². The van der Waals surface area contributed by atoms with E-state index in [1.54, 1.807) is 18.2 Å². The van der Waals surface area contributed by atoms with Crippen LogP contribution in [-0.2, 0) is 24.5 Å². The van der Waals surface area contributed by atoms with E-state index in [0.717, 1.165) is 17.0 Å². The molecule has 1 aromatic heterocycles. The van der Waals surface area contributed by atoms with E-state index in [0.29, 0.717) is 35.9 Å². The van der Waals surface area contributed by atoms with Gasteiger partial charge in [0.05, 0.1) is 5.75 Å². The van der Waals surface area contributed by atoms with E-state index >= 15 is 0 Å². The smallest absolute Gasteiger partial charge is 0.233 e. The highest BCUT2D eigenvalue weighted by Crippen LogP contribution is 2.52. The molecule has 218 valence electrons. The Morgan fingerprint density at radius 1 is 0.952 bits per heavy atom. The molecule has 4 aromatic rings. The van der Waals surface area contributed by atoms with Crippen molar-refractivity contribution in [3.05, 3.63) is 108 Å². The molecule has 0 saturated heterocycles. The third-order valence-corrected chi connectivity index (χ3v) is 9.79. The number of hydrogen-bond acceptors (Lipinski definition) is 5. The highest BCUT2D eigenvalue weighted by molar-refractivity contribution is 7.99. The van der Waals surface area contributed by atoms with Gasteiger partial charge in [0, 0.05) is 19.1 Å². The van der Waals surface area contributed by atoms with Crippen molar-refractivity contribution in [2.24, 2.45) is 17.8 Å². The molecule has 2 fully saturated rings. The van der Waals surface area contributed by atoms with Gasteiger partial charge in [0.1, 0.15) is 6.61 Å². The van der Waals surface area contributed by atoms with Crippen LogP contribution in [-0.4, -0.2) is 31.3 Å². The number of nitrogens with zero attached hydrogens (tertiary/aromatic N) is 4. The first kappa shape index (κ1) is 28.5. The fourth-order valence-electron chi connectivity index (χ4n) is 6.75. The molecule has 1 amide bonds. The fraction of sp³-hybridized carbons (Fsp3) is 0.382. The van der Waals surface area contributed by atoms with Crippen LogP contribution in [0.3, 0.4) is 0 Å². The lowest BCUT2D eigenvalue weighted by Gasteiger charge is -2.30. The van der Waals surface area contributed by atoms with Crippen LogP contribution in [0.1, 0.15) is 55.6 Å². The Balaban J connectivity index is 1.21. The van der Waals surface area contributed by atoms with Crippen LogP contribution in [0.15, 0.2) is 90.1 Å². The van der Waals surface area contributed by atoms with Gasteiger partial charge in [-0.05, 0) is 67.2 Å². The summed E-state index contributed by atoms with van der Waals surface area (Å²) < 4.78 is 22.3. The second-order valence-electron chi connectivity index (χ2n) is 11.6. The van der Waals surface area contributed by atoms with Crippen molar-refractivity contribution in [1.82, 2.24) is 19.7 Å². The Labute approximate surface area is 251 Å². The summed E-state index contributed by atoms with van der Waals surface area (Å²) in [5.74, 6) is 2.79. The second kappa shape index (κ2) is 13.1. The molecule has 2 bridgehead atoms. The lowest BCUT2D eigenvalue weighted by molar-refractivity contribution is -0.129.